The number of carbonyl (C=O) groups is 6. The Hall–Kier alpha value is -9.96. The molecule has 0 aliphatic rings. The molecule has 0 saturated heterocycles. The second-order valence-electron chi connectivity index (χ2n) is 15.4. The van der Waals surface area contributed by atoms with Crippen LogP contribution in [0.5, 0.6) is 28.7 Å². The number of pyridine rings is 1. The van der Waals surface area contributed by atoms with Gasteiger partial charge in [0.15, 0.2) is 23.0 Å². The molecule has 0 saturated carbocycles. The first-order valence-electron chi connectivity index (χ1n) is 22.5. The molecule has 0 bridgehead atoms. The first-order chi connectivity index (χ1) is 35.8. The summed E-state index contributed by atoms with van der Waals surface area (Å²) < 4.78 is 33.5. The zero-order valence-corrected chi connectivity index (χ0v) is 40.8. The van der Waals surface area contributed by atoms with E-state index in [2.05, 4.69) is 57.9 Å². The Balaban J connectivity index is 1.23. The van der Waals surface area contributed by atoms with Crippen LogP contribution < -0.4 is 50.3 Å². The van der Waals surface area contributed by atoms with Gasteiger partial charge in [-0.2, -0.15) is 5.26 Å². The molecule has 5 N–H and O–H groups in total. The molecule has 5 aromatic rings. The summed E-state index contributed by atoms with van der Waals surface area (Å²) in [4.78, 5) is 83.9. The minimum atomic E-state index is -1.28. The quantitative estimate of drug-likeness (QED) is 0.0198. The second-order valence-corrected chi connectivity index (χ2v) is 15.4. The van der Waals surface area contributed by atoms with E-state index in [1.165, 1.54) is 99.3 Å². The van der Waals surface area contributed by atoms with Gasteiger partial charge in [-0.1, -0.05) is 62.8 Å². The summed E-state index contributed by atoms with van der Waals surface area (Å²) in [7, 11) is 2.64. The molecule has 1 heterocycles. The highest BCUT2D eigenvalue weighted by molar-refractivity contribution is 6.11. The van der Waals surface area contributed by atoms with Gasteiger partial charge in [0, 0.05) is 16.8 Å². The average Bonchev–Trinajstić information content (AvgIpc) is 3.40. The molecule has 0 aliphatic carbocycles. The molecular weight excluding hydrogens is 951 g/mol. The predicted octanol–water partition coefficient (Wildman–Crippen LogP) is 8.33. The summed E-state index contributed by atoms with van der Waals surface area (Å²) >= 11 is 0. The maximum absolute atomic E-state index is 13.9. The largest absolute Gasteiger partial charge is 0.491 e. The first kappa shape index (κ1) is 55.0. The number of nitriles is 1. The fourth-order valence-corrected chi connectivity index (χ4v) is 6.67. The number of benzene rings is 4. The highest BCUT2D eigenvalue weighted by Crippen LogP contribution is 2.42. The van der Waals surface area contributed by atoms with Crippen LogP contribution in [0.15, 0.2) is 147 Å². The zero-order valence-electron chi connectivity index (χ0n) is 40.8. The molecule has 380 valence electrons. The lowest BCUT2D eigenvalue weighted by molar-refractivity contribution is -0.118. The number of nitrogens with one attached hydrogen (secondary N) is 5. The van der Waals surface area contributed by atoms with Crippen LogP contribution in [0.3, 0.4) is 0 Å². The Kier molecular flexibility index (Phi) is 20.4. The molecule has 0 spiro atoms. The molecule has 1 unspecified atom stereocenters. The van der Waals surface area contributed by atoms with Crippen molar-refractivity contribution in [2.24, 2.45) is 0 Å². The van der Waals surface area contributed by atoms with Crippen molar-refractivity contribution >= 4 is 64.3 Å². The third-order valence-corrected chi connectivity index (χ3v) is 10.2. The van der Waals surface area contributed by atoms with Gasteiger partial charge in [0.2, 0.25) is 5.91 Å². The number of anilines is 4. The molecule has 4 aromatic carbocycles. The first-order valence-corrected chi connectivity index (χ1v) is 22.5. The molecule has 5 amide bonds. The molecule has 19 heteroatoms. The van der Waals surface area contributed by atoms with E-state index in [-0.39, 0.29) is 94.6 Å². The summed E-state index contributed by atoms with van der Waals surface area (Å²) in [5, 5.41) is 22.9. The van der Waals surface area contributed by atoms with Gasteiger partial charge < -0.3 is 55.0 Å². The van der Waals surface area contributed by atoms with Gasteiger partial charge in [-0.25, -0.2) is 9.78 Å². The van der Waals surface area contributed by atoms with E-state index < -0.39 is 35.6 Å². The molecule has 0 aliphatic heterocycles. The van der Waals surface area contributed by atoms with E-state index >= 15 is 0 Å². The third-order valence-electron chi connectivity index (χ3n) is 10.2. The fourth-order valence-electron chi connectivity index (χ4n) is 6.67. The van der Waals surface area contributed by atoms with Crippen molar-refractivity contribution in [3.05, 3.63) is 175 Å². The molecule has 1 atom stereocenters. The Morgan fingerprint density at radius 3 is 1.76 bits per heavy atom. The van der Waals surface area contributed by atoms with Crippen molar-refractivity contribution in [2.45, 2.75) is 19.4 Å². The monoisotopic (exact) mass is 1000 g/mol. The van der Waals surface area contributed by atoms with Crippen LogP contribution in [0.2, 0.25) is 0 Å². The standard InChI is InChI=1S/C55H53N7O12/c1-8-28-71-39-19-12-35(13-20-39)32-34(5)50(63)58-37-16-14-36(15-17-37)51(64)62-45(26-27-56)54(67)59-38-18-23-44(57-33-38)53(66)61-43-24-21-40(46(48(43)69-6)72-29-9-2)52(65)60-42-25-22-41(55(68)74-31-11-4)47(49(42)70-7)73-30-10-3/h8-25,32-33,45H,1-4,26,28-31H2,5-7H3,(H,58,63)(H,59,67)(H,60,65)(H,61,66)(H,62,64)/b34-32+. The van der Waals surface area contributed by atoms with Crippen molar-refractivity contribution in [1.82, 2.24) is 10.3 Å². The van der Waals surface area contributed by atoms with Crippen LogP contribution in [0.1, 0.15) is 60.5 Å². The number of ether oxygens (including phenoxy) is 6. The summed E-state index contributed by atoms with van der Waals surface area (Å²) in [6.45, 7) is 16.4. The van der Waals surface area contributed by atoms with Crippen LogP contribution in [0, 0.1) is 11.3 Å². The second kappa shape index (κ2) is 27.4. The molecular formula is C55H53N7O12. The number of aromatic nitrogens is 1. The van der Waals surface area contributed by atoms with Crippen LogP contribution in [-0.2, 0) is 14.3 Å². The maximum Gasteiger partial charge on any atom is 0.342 e. The minimum absolute atomic E-state index is 0.00440. The van der Waals surface area contributed by atoms with E-state index in [0.29, 0.717) is 23.6 Å². The van der Waals surface area contributed by atoms with Gasteiger partial charge in [-0.15, -0.1) is 0 Å². The van der Waals surface area contributed by atoms with E-state index in [9.17, 15) is 34.0 Å². The average molecular weight is 1000 g/mol. The van der Waals surface area contributed by atoms with Gasteiger partial charge in [0.1, 0.15) is 49.5 Å². The topological polar surface area (TPSA) is 255 Å². The predicted molar refractivity (Wildman–Crippen MR) is 279 cm³/mol. The lowest BCUT2D eigenvalue weighted by atomic mass is 10.1. The van der Waals surface area contributed by atoms with Crippen LogP contribution in [0.25, 0.3) is 6.08 Å². The minimum Gasteiger partial charge on any atom is -0.491 e. The van der Waals surface area contributed by atoms with Gasteiger partial charge in [0.05, 0.1) is 55.5 Å². The fraction of sp³-hybridized carbons (Fsp3) is 0.164. The van der Waals surface area contributed by atoms with Gasteiger partial charge in [0.25, 0.3) is 23.6 Å². The number of nitrogens with zero attached hydrogens (tertiary/aromatic N) is 2. The van der Waals surface area contributed by atoms with Gasteiger partial charge in [-0.05, 0) is 91.4 Å². The van der Waals surface area contributed by atoms with Crippen LogP contribution >= 0.6 is 0 Å². The maximum atomic E-state index is 13.9. The SMILES string of the molecule is C=CCOC(=O)c1ccc(NC(=O)c2ccc(NC(=O)c3ccc(NC(=O)C(CC#N)NC(=O)c4ccc(NC(=O)/C(C)=C/c5ccc(OCC=C)cc5)cc4)cn3)c(OC)c2OCC=C)c(OC)c1OCC=C. The van der Waals surface area contributed by atoms with Crippen molar-refractivity contribution < 1.29 is 57.2 Å². The molecule has 0 fully saturated rings. The molecule has 1 aromatic heterocycles. The van der Waals surface area contributed by atoms with Crippen molar-refractivity contribution in [1.29, 1.82) is 5.26 Å². The van der Waals surface area contributed by atoms with Crippen molar-refractivity contribution in [3.63, 3.8) is 0 Å². The lowest BCUT2D eigenvalue weighted by Crippen LogP contribution is -2.43. The van der Waals surface area contributed by atoms with Gasteiger partial charge in [-0.3, -0.25) is 24.0 Å². The van der Waals surface area contributed by atoms with E-state index in [1.54, 1.807) is 31.2 Å². The van der Waals surface area contributed by atoms with E-state index in [0.717, 1.165) is 5.56 Å². The van der Waals surface area contributed by atoms with E-state index in [1.807, 2.05) is 18.2 Å². The third kappa shape index (κ3) is 14.8. The Morgan fingerprint density at radius 1 is 0.622 bits per heavy atom. The highest BCUT2D eigenvalue weighted by atomic mass is 16.5. The molecule has 19 nitrogen and oxygen atoms in total. The zero-order chi connectivity index (χ0) is 53.6. The van der Waals surface area contributed by atoms with E-state index in [4.69, 9.17) is 28.4 Å². The van der Waals surface area contributed by atoms with Crippen LogP contribution in [-0.4, -0.2) is 87.2 Å². The molecule has 74 heavy (non-hydrogen) atoms. The number of esters is 1. The van der Waals surface area contributed by atoms with Crippen LogP contribution in [0.4, 0.5) is 22.7 Å². The summed E-state index contributed by atoms with van der Waals surface area (Å²) in [6.07, 6.45) is 8.50. The van der Waals surface area contributed by atoms with Gasteiger partial charge >= 0.3 is 5.97 Å². The lowest BCUT2D eigenvalue weighted by Gasteiger charge is -2.20. The molecule has 0 radical (unpaired) electrons. The molecule has 5 rings (SSSR count). The number of hydrogen-bond donors (Lipinski definition) is 5. The Bertz CT molecular complexity index is 2980. The number of carbonyl (C=O) groups excluding carboxylic acids is 6. The Labute approximate surface area is 427 Å². The highest BCUT2D eigenvalue weighted by Gasteiger charge is 2.27. The number of methoxy groups -OCH3 is 2. The normalized spacial score (nSPS) is 10.9. The Morgan fingerprint density at radius 2 is 1.19 bits per heavy atom. The number of hydrogen-bond acceptors (Lipinski definition) is 14. The van der Waals surface area contributed by atoms with Crippen molar-refractivity contribution in [2.75, 3.05) is 61.9 Å². The summed E-state index contributed by atoms with van der Waals surface area (Å²) in [6, 6.07) is 22.2. The smallest absolute Gasteiger partial charge is 0.342 e. The van der Waals surface area contributed by atoms with Crippen molar-refractivity contribution in [3.8, 4) is 34.8 Å². The summed E-state index contributed by atoms with van der Waals surface area (Å²) in [5.74, 6) is -3.27. The number of amides is 5. The number of rotatable bonds is 26. The summed E-state index contributed by atoms with van der Waals surface area (Å²) in [5.41, 5.74) is 2.08.